The maximum atomic E-state index is 10.9. The number of benzene rings is 1. The molecule has 1 aromatic carbocycles. The van der Waals surface area contributed by atoms with Gasteiger partial charge in [0.05, 0.1) is 11.7 Å². The fourth-order valence-corrected chi connectivity index (χ4v) is 2.51. The summed E-state index contributed by atoms with van der Waals surface area (Å²) in [7, 11) is 0. The number of anilines is 1. The normalized spacial score (nSPS) is 23.0. The molecule has 0 amide bonds. The molecule has 1 fully saturated rings. The van der Waals surface area contributed by atoms with Gasteiger partial charge in [-0.15, -0.1) is 0 Å². The molecule has 0 aromatic heterocycles. The molecule has 2 unspecified atom stereocenters. The molecule has 0 saturated carbocycles. The number of aromatic carboxylic acids is 1. The number of nitrogens with one attached hydrogen (secondary N) is 1. The van der Waals surface area contributed by atoms with Crippen molar-refractivity contribution in [1.82, 2.24) is 0 Å². The Labute approximate surface area is 113 Å². The SMILES string of the molecule is CCCC1CC(Nc2cccc(C(=O)O)c2)CCO1. The van der Waals surface area contributed by atoms with Crippen molar-refractivity contribution in [3.05, 3.63) is 29.8 Å². The van der Waals surface area contributed by atoms with Crippen LogP contribution in [0.3, 0.4) is 0 Å². The van der Waals surface area contributed by atoms with Gasteiger partial charge in [-0.1, -0.05) is 19.4 Å². The summed E-state index contributed by atoms with van der Waals surface area (Å²) >= 11 is 0. The average molecular weight is 263 g/mol. The van der Waals surface area contributed by atoms with Crippen LogP contribution < -0.4 is 5.32 Å². The predicted molar refractivity (Wildman–Crippen MR) is 74.7 cm³/mol. The summed E-state index contributed by atoms with van der Waals surface area (Å²) in [6.07, 6.45) is 4.51. The lowest BCUT2D eigenvalue weighted by Crippen LogP contribution is -2.34. The molecular weight excluding hydrogens is 242 g/mol. The highest BCUT2D eigenvalue weighted by atomic mass is 16.5. The molecule has 0 bridgehead atoms. The van der Waals surface area contributed by atoms with Crippen LogP contribution in [0.25, 0.3) is 0 Å². The van der Waals surface area contributed by atoms with Gasteiger partial charge < -0.3 is 15.2 Å². The topological polar surface area (TPSA) is 58.6 Å². The Balaban J connectivity index is 1.96. The van der Waals surface area contributed by atoms with Gasteiger partial charge in [0.1, 0.15) is 0 Å². The van der Waals surface area contributed by atoms with Gasteiger partial charge in [-0.05, 0) is 37.5 Å². The molecule has 0 spiro atoms. The van der Waals surface area contributed by atoms with Crippen molar-refractivity contribution in [2.45, 2.75) is 44.8 Å². The fraction of sp³-hybridized carbons (Fsp3) is 0.533. The number of rotatable bonds is 5. The minimum absolute atomic E-state index is 0.321. The Kier molecular flexibility index (Phi) is 4.80. The minimum Gasteiger partial charge on any atom is -0.478 e. The van der Waals surface area contributed by atoms with E-state index < -0.39 is 5.97 Å². The third-order valence-corrected chi connectivity index (χ3v) is 3.46. The molecule has 1 aromatic rings. The van der Waals surface area contributed by atoms with Crippen molar-refractivity contribution >= 4 is 11.7 Å². The van der Waals surface area contributed by atoms with Crippen LogP contribution in [0.1, 0.15) is 43.0 Å². The van der Waals surface area contributed by atoms with Crippen molar-refractivity contribution in [3.63, 3.8) is 0 Å². The molecule has 0 radical (unpaired) electrons. The molecule has 1 saturated heterocycles. The molecule has 1 aliphatic rings. The van der Waals surface area contributed by atoms with Crippen LogP contribution in [0.4, 0.5) is 5.69 Å². The molecule has 1 heterocycles. The van der Waals surface area contributed by atoms with E-state index in [1.54, 1.807) is 18.2 Å². The predicted octanol–water partition coefficient (Wildman–Crippen LogP) is 3.14. The summed E-state index contributed by atoms with van der Waals surface area (Å²) in [4.78, 5) is 10.9. The van der Waals surface area contributed by atoms with Gasteiger partial charge in [0, 0.05) is 18.3 Å². The third-order valence-electron chi connectivity index (χ3n) is 3.46. The van der Waals surface area contributed by atoms with Gasteiger partial charge in [0.2, 0.25) is 0 Å². The Morgan fingerprint density at radius 1 is 1.53 bits per heavy atom. The second-order valence-corrected chi connectivity index (χ2v) is 5.03. The smallest absolute Gasteiger partial charge is 0.335 e. The Morgan fingerprint density at radius 2 is 2.37 bits per heavy atom. The molecule has 19 heavy (non-hydrogen) atoms. The van der Waals surface area contributed by atoms with Crippen LogP contribution in [0.15, 0.2) is 24.3 Å². The van der Waals surface area contributed by atoms with E-state index in [0.717, 1.165) is 38.0 Å². The molecule has 2 rings (SSSR count). The second-order valence-electron chi connectivity index (χ2n) is 5.03. The quantitative estimate of drug-likeness (QED) is 0.856. The first-order chi connectivity index (χ1) is 9.19. The van der Waals surface area contributed by atoms with E-state index in [2.05, 4.69) is 12.2 Å². The zero-order valence-corrected chi connectivity index (χ0v) is 11.3. The summed E-state index contributed by atoms with van der Waals surface area (Å²) < 4.78 is 5.71. The van der Waals surface area contributed by atoms with E-state index in [0.29, 0.717) is 17.7 Å². The summed E-state index contributed by atoms with van der Waals surface area (Å²) in [6, 6.07) is 7.35. The maximum Gasteiger partial charge on any atom is 0.335 e. The van der Waals surface area contributed by atoms with Crippen molar-refractivity contribution in [1.29, 1.82) is 0 Å². The molecule has 2 N–H and O–H groups in total. The highest BCUT2D eigenvalue weighted by Crippen LogP contribution is 2.22. The first kappa shape index (κ1) is 13.9. The van der Waals surface area contributed by atoms with Crippen LogP contribution in [0.5, 0.6) is 0 Å². The Bertz CT molecular complexity index is 431. The number of carboxylic acids is 1. The van der Waals surface area contributed by atoms with Crippen LogP contribution in [-0.4, -0.2) is 29.8 Å². The molecule has 0 aliphatic carbocycles. The van der Waals surface area contributed by atoms with Gasteiger partial charge in [0.15, 0.2) is 0 Å². The molecule has 4 nitrogen and oxygen atoms in total. The molecule has 1 aliphatic heterocycles. The highest BCUT2D eigenvalue weighted by Gasteiger charge is 2.21. The zero-order valence-electron chi connectivity index (χ0n) is 11.3. The summed E-state index contributed by atoms with van der Waals surface area (Å²) in [5, 5.41) is 12.4. The Morgan fingerprint density at radius 3 is 3.11 bits per heavy atom. The van der Waals surface area contributed by atoms with Crippen LogP contribution in [0, 0.1) is 0 Å². The van der Waals surface area contributed by atoms with Crippen molar-refractivity contribution in [2.24, 2.45) is 0 Å². The van der Waals surface area contributed by atoms with Gasteiger partial charge in [-0.2, -0.15) is 0 Å². The first-order valence-corrected chi connectivity index (χ1v) is 6.90. The van der Waals surface area contributed by atoms with Gasteiger partial charge in [-0.25, -0.2) is 4.79 Å². The summed E-state index contributed by atoms with van der Waals surface area (Å²) in [5.74, 6) is -0.889. The number of carbonyl (C=O) groups is 1. The maximum absolute atomic E-state index is 10.9. The molecule has 2 atom stereocenters. The minimum atomic E-state index is -0.889. The van der Waals surface area contributed by atoms with Crippen molar-refractivity contribution in [2.75, 3.05) is 11.9 Å². The van der Waals surface area contributed by atoms with Crippen molar-refractivity contribution in [3.8, 4) is 0 Å². The number of carboxylic acid groups (broad SMARTS) is 1. The zero-order chi connectivity index (χ0) is 13.7. The third kappa shape index (κ3) is 3.96. The van der Waals surface area contributed by atoms with E-state index >= 15 is 0 Å². The highest BCUT2D eigenvalue weighted by molar-refractivity contribution is 5.88. The van der Waals surface area contributed by atoms with E-state index in [9.17, 15) is 4.79 Å². The number of hydrogen-bond acceptors (Lipinski definition) is 3. The van der Waals surface area contributed by atoms with E-state index in [1.807, 2.05) is 6.07 Å². The van der Waals surface area contributed by atoms with Crippen LogP contribution in [-0.2, 0) is 4.74 Å². The fourth-order valence-electron chi connectivity index (χ4n) is 2.51. The van der Waals surface area contributed by atoms with E-state index in [4.69, 9.17) is 9.84 Å². The van der Waals surface area contributed by atoms with Gasteiger partial charge >= 0.3 is 5.97 Å². The second kappa shape index (κ2) is 6.57. The largest absolute Gasteiger partial charge is 0.478 e. The lowest BCUT2D eigenvalue weighted by atomic mass is 9.99. The van der Waals surface area contributed by atoms with Crippen molar-refractivity contribution < 1.29 is 14.6 Å². The summed E-state index contributed by atoms with van der Waals surface area (Å²) in [5.41, 5.74) is 1.20. The molecule has 4 heteroatoms. The lowest BCUT2D eigenvalue weighted by Gasteiger charge is -2.30. The number of hydrogen-bond donors (Lipinski definition) is 2. The molecule has 104 valence electrons. The molecular formula is C15H21NO3. The lowest BCUT2D eigenvalue weighted by molar-refractivity contribution is 0.00597. The summed E-state index contributed by atoms with van der Waals surface area (Å²) in [6.45, 7) is 2.94. The monoisotopic (exact) mass is 263 g/mol. The van der Waals surface area contributed by atoms with E-state index in [1.165, 1.54) is 0 Å². The van der Waals surface area contributed by atoms with Gasteiger partial charge in [0.25, 0.3) is 0 Å². The van der Waals surface area contributed by atoms with Crippen LogP contribution in [0.2, 0.25) is 0 Å². The Hall–Kier alpha value is -1.55. The average Bonchev–Trinajstić information content (AvgIpc) is 2.40. The van der Waals surface area contributed by atoms with E-state index in [-0.39, 0.29) is 0 Å². The first-order valence-electron chi connectivity index (χ1n) is 6.90. The van der Waals surface area contributed by atoms with Gasteiger partial charge in [-0.3, -0.25) is 0 Å². The van der Waals surface area contributed by atoms with Crippen LogP contribution >= 0.6 is 0 Å². The number of ether oxygens (including phenoxy) is 1. The standard InChI is InChI=1S/C15H21NO3/c1-2-4-14-10-13(7-8-19-14)16-12-6-3-5-11(9-12)15(17)18/h3,5-6,9,13-14,16H,2,4,7-8,10H2,1H3,(H,17,18).